The molecule has 0 bridgehead atoms. The highest BCUT2D eigenvalue weighted by molar-refractivity contribution is 7.85. The summed E-state index contributed by atoms with van der Waals surface area (Å²) in [5.41, 5.74) is 1.15. The molecule has 0 saturated heterocycles. The summed E-state index contributed by atoms with van der Waals surface area (Å²) in [6, 6.07) is 12.2. The Kier molecular flexibility index (Phi) is 5.78. The van der Waals surface area contributed by atoms with Crippen LogP contribution < -0.4 is 15.4 Å². The van der Waals surface area contributed by atoms with Crippen molar-refractivity contribution in [3.8, 4) is 5.75 Å². The van der Waals surface area contributed by atoms with E-state index in [-0.39, 0.29) is 10.6 Å². The number of carbonyl (C=O) groups is 1. The predicted octanol–water partition coefficient (Wildman–Crippen LogP) is 2.65. The highest BCUT2D eigenvalue weighted by atomic mass is 32.2. The van der Waals surface area contributed by atoms with Gasteiger partial charge in [-0.1, -0.05) is 18.2 Å². The van der Waals surface area contributed by atoms with Gasteiger partial charge in [-0.05, 0) is 42.8 Å². The summed E-state index contributed by atoms with van der Waals surface area (Å²) in [5, 5.41) is 5.16. The molecule has 0 fully saturated rings. The van der Waals surface area contributed by atoms with E-state index >= 15 is 0 Å². The number of rotatable bonds is 6. The summed E-state index contributed by atoms with van der Waals surface area (Å²) in [6.07, 6.45) is 0. The fourth-order valence-corrected chi connectivity index (χ4v) is 2.49. The smallest absolute Gasteiger partial charge is 0.319 e. The number of hydrogen-bond donors (Lipinski definition) is 3. The van der Waals surface area contributed by atoms with Crippen LogP contribution in [0.1, 0.15) is 12.5 Å². The van der Waals surface area contributed by atoms with E-state index in [0.717, 1.165) is 11.3 Å². The summed E-state index contributed by atoms with van der Waals surface area (Å²) in [4.78, 5) is 11.6. The van der Waals surface area contributed by atoms with Crippen molar-refractivity contribution in [2.24, 2.45) is 0 Å². The average molecular weight is 350 g/mol. The number of amides is 2. The minimum absolute atomic E-state index is 0.259. The third kappa shape index (κ3) is 5.25. The van der Waals surface area contributed by atoms with Gasteiger partial charge in [-0.3, -0.25) is 4.55 Å². The maximum atomic E-state index is 11.9. The molecular weight excluding hydrogens is 332 g/mol. The van der Waals surface area contributed by atoms with Crippen molar-refractivity contribution < 1.29 is 22.5 Å². The van der Waals surface area contributed by atoms with Gasteiger partial charge in [0, 0.05) is 12.2 Å². The summed E-state index contributed by atoms with van der Waals surface area (Å²) in [6.45, 7) is 2.79. The number of ether oxygens (including phenoxy) is 1. The van der Waals surface area contributed by atoms with Gasteiger partial charge in [0.1, 0.15) is 5.75 Å². The van der Waals surface area contributed by atoms with E-state index < -0.39 is 16.1 Å². The largest absolute Gasteiger partial charge is 0.494 e. The molecule has 2 aromatic rings. The van der Waals surface area contributed by atoms with Crippen LogP contribution in [0, 0.1) is 0 Å². The second-order valence-corrected chi connectivity index (χ2v) is 6.31. The zero-order chi connectivity index (χ0) is 17.6. The van der Waals surface area contributed by atoms with E-state index in [1.165, 1.54) is 24.3 Å². The monoisotopic (exact) mass is 350 g/mol. The van der Waals surface area contributed by atoms with E-state index in [4.69, 9.17) is 9.29 Å². The molecule has 0 atom stereocenters. The number of benzene rings is 2. The lowest BCUT2D eigenvalue weighted by atomic mass is 10.2. The fraction of sp³-hybridized carbons (Fsp3) is 0.188. The Morgan fingerprint density at radius 3 is 2.50 bits per heavy atom. The van der Waals surface area contributed by atoms with Gasteiger partial charge in [-0.2, -0.15) is 8.42 Å². The summed E-state index contributed by atoms with van der Waals surface area (Å²) >= 11 is 0. The van der Waals surface area contributed by atoms with Crippen molar-refractivity contribution >= 4 is 21.8 Å². The zero-order valence-corrected chi connectivity index (χ0v) is 13.8. The van der Waals surface area contributed by atoms with Crippen molar-refractivity contribution in [1.29, 1.82) is 0 Å². The first-order valence-corrected chi connectivity index (χ1v) is 8.66. The van der Waals surface area contributed by atoms with Crippen molar-refractivity contribution in [1.82, 2.24) is 5.32 Å². The lowest BCUT2D eigenvalue weighted by Crippen LogP contribution is -2.28. The molecule has 0 aliphatic carbocycles. The van der Waals surface area contributed by atoms with Crippen LogP contribution in [-0.4, -0.2) is 25.6 Å². The first-order chi connectivity index (χ1) is 11.4. The third-order valence-electron chi connectivity index (χ3n) is 3.08. The lowest BCUT2D eigenvalue weighted by molar-refractivity contribution is 0.251. The number of carbonyl (C=O) groups excluding carboxylic acids is 1. The Labute approximate surface area is 140 Å². The van der Waals surface area contributed by atoms with Crippen LogP contribution in [-0.2, 0) is 16.7 Å². The lowest BCUT2D eigenvalue weighted by Gasteiger charge is -2.09. The molecule has 0 aliphatic heterocycles. The van der Waals surface area contributed by atoms with Crippen LogP contribution in [0.25, 0.3) is 0 Å². The van der Waals surface area contributed by atoms with Gasteiger partial charge in [-0.15, -0.1) is 0 Å². The molecule has 0 heterocycles. The standard InChI is InChI=1S/C16H18N2O5S/c1-2-23-14-8-6-12(7-9-14)11-17-16(19)18-13-4-3-5-15(10-13)24(20,21)22/h3-10H,2,11H2,1H3,(H2,17,18,19)(H,20,21,22). The number of urea groups is 1. The fourth-order valence-electron chi connectivity index (χ4n) is 1.96. The van der Waals surface area contributed by atoms with E-state index in [0.29, 0.717) is 13.2 Å². The quantitative estimate of drug-likeness (QED) is 0.695. The second kappa shape index (κ2) is 7.80. The van der Waals surface area contributed by atoms with Crippen molar-refractivity contribution in [2.45, 2.75) is 18.4 Å². The SMILES string of the molecule is CCOc1ccc(CNC(=O)Nc2cccc(S(=O)(=O)O)c2)cc1. The van der Waals surface area contributed by atoms with Crippen LogP contribution in [0.4, 0.5) is 10.5 Å². The minimum Gasteiger partial charge on any atom is -0.494 e. The first kappa shape index (κ1) is 17.8. The average Bonchev–Trinajstić information content (AvgIpc) is 2.54. The minimum atomic E-state index is -4.31. The molecule has 8 heteroatoms. The molecule has 24 heavy (non-hydrogen) atoms. The number of nitrogens with one attached hydrogen (secondary N) is 2. The van der Waals surface area contributed by atoms with Crippen LogP contribution >= 0.6 is 0 Å². The molecule has 128 valence electrons. The summed E-state index contributed by atoms with van der Waals surface area (Å²) in [7, 11) is -4.31. The molecule has 0 radical (unpaired) electrons. The van der Waals surface area contributed by atoms with Gasteiger partial charge < -0.3 is 15.4 Å². The van der Waals surface area contributed by atoms with E-state index in [1.807, 2.05) is 31.2 Å². The van der Waals surface area contributed by atoms with E-state index in [1.54, 1.807) is 0 Å². The van der Waals surface area contributed by atoms with Crippen molar-refractivity contribution in [3.63, 3.8) is 0 Å². The zero-order valence-electron chi connectivity index (χ0n) is 13.0. The number of hydrogen-bond acceptors (Lipinski definition) is 4. The normalized spacial score (nSPS) is 10.9. The maximum Gasteiger partial charge on any atom is 0.319 e. The van der Waals surface area contributed by atoms with Gasteiger partial charge >= 0.3 is 6.03 Å². The molecule has 0 spiro atoms. The van der Waals surface area contributed by atoms with Gasteiger partial charge in [0.15, 0.2) is 0 Å². The van der Waals surface area contributed by atoms with Gasteiger partial charge in [0.25, 0.3) is 10.1 Å². The Hall–Kier alpha value is -2.58. The molecule has 0 saturated carbocycles. The molecule has 7 nitrogen and oxygen atoms in total. The predicted molar refractivity (Wildman–Crippen MR) is 89.7 cm³/mol. The Balaban J connectivity index is 1.91. The Morgan fingerprint density at radius 2 is 1.88 bits per heavy atom. The molecule has 0 unspecified atom stereocenters. The maximum absolute atomic E-state index is 11.9. The molecule has 3 N–H and O–H groups in total. The van der Waals surface area contributed by atoms with Crippen LogP contribution in [0.15, 0.2) is 53.4 Å². The molecular formula is C16H18N2O5S. The molecule has 2 rings (SSSR count). The third-order valence-corrected chi connectivity index (χ3v) is 3.93. The van der Waals surface area contributed by atoms with Crippen LogP contribution in [0.2, 0.25) is 0 Å². The second-order valence-electron chi connectivity index (χ2n) is 4.89. The van der Waals surface area contributed by atoms with Crippen LogP contribution in [0.3, 0.4) is 0 Å². The molecule has 2 aromatic carbocycles. The molecule has 0 aliphatic rings. The molecule has 0 aromatic heterocycles. The van der Waals surface area contributed by atoms with Crippen molar-refractivity contribution in [2.75, 3.05) is 11.9 Å². The number of anilines is 1. The van der Waals surface area contributed by atoms with Gasteiger partial charge in [0.2, 0.25) is 0 Å². The van der Waals surface area contributed by atoms with Crippen molar-refractivity contribution in [3.05, 3.63) is 54.1 Å². The Bertz CT molecular complexity index is 803. The van der Waals surface area contributed by atoms with E-state index in [2.05, 4.69) is 10.6 Å². The highest BCUT2D eigenvalue weighted by Crippen LogP contribution is 2.15. The van der Waals surface area contributed by atoms with Crippen LogP contribution in [0.5, 0.6) is 5.75 Å². The summed E-state index contributed by atoms with van der Waals surface area (Å²) in [5.74, 6) is 0.757. The Morgan fingerprint density at radius 1 is 1.17 bits per heavy atom. The topological polar surface area (TPSA) is 105 Å². The van der Waals surface area contributed by atoms with Gasteiger partial charge in [0.05, 0.1) is 11.5 Å². The first-order valence-electron chi connectivity index (χ1n) is 7.22. The van der Waals surface area contributed by atoms with E-state index in [9.17, 15) is 13.2 Å². The molecule has 2 amide bonds. The summed E-state index contributed by atoms with van der Waals surface area (Å²) < 4.78 is 36.5. The van der Waals surface area contributed by atoms with Gasteiger partial charge in [-0.25, -0.2) is 4.79 Å². The highest BCUT2D eigenvalue weighted by Gasteiger charge is 2.10.